The van der Waals surface area contributed by atoms with Crippen molar-refractivity contribution >= 4 is 27.6 Å². The molecule has 23 heavy (non-hydrogen) atoms. The largest absolute Gasteiger partial charge is 0.464 e. The highest BCUT2D eigenvalue weighted by Gasteiger charge is 2.40. The Morgan fingerprint density at radius 2 is 1.87 bits per heavy atom. The first-order valence-corrected chi connectivity index (χ1v) is 8.26. The molecule has 0 spiro atoms. The van der Waals surface area contributed by atoms with Gasteiger partial charge in [0.05, 0.1) is 12.1 Å². The highest BCUT2D eigenvalue weighted by atomic mass is 35.5. The van der Waals surface area contributed by atoms with Gasteiger partial charge in [-0.1, -0.05) is 11.6 Å². The molecule has 0 amide bonds. The Morgan fingerprint density at radius 1 is 1.35 bits per heavy atom. The standard InChI is InChI=1S/C12H16ClF3N2O4S/c1-6(2)18-5-8(9(13)10(18)11(19)22-4)23(20,21)17-7(3)12(14,15)16/h5-7,17H,1-4H3/t7-/m1/s1. The third-order valence-corrected chi connectivity index (χ3v) is 5.03. The maximum absolute atomic E-state index is 12.6. The fraction of sp³-hybridized carbons (Fsp3) is 0.583. The van der Waals surface area contributed by atoms with Gasteiger partial charge in [-0.05, 0) is 20.8 Å². The van der Waals surface area contributed by atoms with E-state index in [1.165, 1.54) is 9.29 Å². The maximum atomic E-state index is 12.6. The third kappa shape index (κ3) is 4.18. The summed E-state index contributed by atoms with van der Waals surface area (Å²) < 4.78 is 69.2. The Kier molecular flexibility index (Phi) is 5.76. The van der Waals surface area contributed by atoms with Gasteiger partial charge in [0, 0.05) is 12.2 Å². The van der Waals surface area contributed by atoms with Crippen molar-refractivity contribution in [2.45, 2.75) is 43.9 Å². The number of methoxy groups -OCH3 is 1. The van der Waals surface area contributed by atoms with Crippen LogP contribution in [0.3, 0.4) is 0 Å². The number of nitrogens with zero attached hydrogens (tertiary/aromatic N) is 1. The van der Waals surface area contributed by atoms with Crippen LogP contribution in [0.5, 0.6) is 0 Å². The summed E-state index contributed by atoms with van der Waals surface area (Å²) in [6, 6.07) is -2.68. The molecule has 0 saturated carbocycles. The van der Waals surface area contributed by atoms with Crippen molar-refractivity contribution in [3.8, 4) is 0 Å². The second-order valence-electron chi connectivity index (χ2n) is 5.03. The van der Waals surface area contributed by atoms with E-state index >= 15 is 0 Å². The van der Waals surface area contributed by atoms with Crippen LogP contribution >= 0.6 is 11.6 Å². The molecule has 1 heterocycles. The number of hydrogen-bond acceptors (Lipinski definition) is 4. The smallest absolute Gasteiger partial charge is 0.404 e. The van der Waals surface area contributed by atoms with E-state index in [4.69, 9.17) is 11.6 Å². The minimum absolute atomic E-state index is 0.246. The van der Waals surface area contributed by atoms with E-state index < -0.39 is 38.1 Å². The first-order valence-electron chi connectivity index (χ1n) is 6.40. The van der Waals surface area contributed by atoms with Crippen molar-refractivity contribution in [2.75, 3.05) is 7.11 Å². The molecule has 0 saturated heterocycles. The van der Waals surface area contributed by atoms with Crippen LogP contribution in [0.1, 0.15) is 37.3 Å². The molecule has 0 bridgehead atoms. The van der Waals surface area contributed by atoms with Crippen LogP contribution in [0.15, 0.2) is 11.1 Å². The summed E-state index contributed by atoms with van der Waals surface area (Å²) in [7, 11) is -3.50. The van der Waals surface area contributed by atoms with Gasteiger partial charge in [0.25, 0.3) is 0 Å². The second-order valence-corrected chi connectivity index (χ2v) is 7.09. The number of aromatic nitrogens is 1. The lowest BCUT2D eigenvalue weighted by atomic mass is 10.3. The van der Waals surface area contributed by atoms with Crippen LogP contribution in [-0.2, 0) is 14.8 Å². The molecular weight excluding hydrogens is 361 g/mol. The molecule has 0 aliphatic rings. The number of halogens is 4. The third-order valence-electron chi connectivity index (χ3n) is 2.99. The Balaban J connectivity index is 3.41. The van der Waals surface area contributed by atoms with Crippen molar-refractivity contribution in [2.24, 2.45) is 0 Å². The van der Waals surface area contributed by atoms with Gasteiger partial charge in [0.2, 0.25) is 10.0 Å². The fourth-order valence-corrected chi connectivity index (χ4v) is 3.57. The number of alkyl halides is 3. The van der Waals surface area contributed by atoms with Crippen molar-refractivity contribution in [1.82, 2.24) is 9.29 Å². The van der Waals surface area contributed by atoms with Gasteiger partial charge >= 0.3 is 12.1 Å². The van der Waals surface area contributed by atoms with Gasteiger partial charge in [0.15, 0.2) is 0 Å². The lowest BCUT2D eigenvalue weighted by Gasteiger charge is -2.16. The number of rotatable bonds is 5. The Bertz CT molecular complexity index is 698. The lowest BCUT2D eigenvalue weighted by molar-refractivity contribution is -0.147. The SMILES string of the molecule is COC(=O)c1c(Cl)c(S(=O)(=O)N[C@H](C)C(F)(F)F)cn1C(C)C. The summed E-state index contributed by atoms with van der Waals surface area (Å²) in [6.07, 6.45) is -3.75. The second kappa shape index (κ2) is 6.70. The molecule has 0 aliphatic carbocycles. The first-order chi connectivity index (χ1) is 10.3. The van der Waals surface area contributed by atoms with E-state index in [-0.39, 0.29) is 11.7 Å². The summed E-state index contributed by atoms with van der Waals surface area (Å²) >= 11 is 5.91. The molecule has 1 aromatic heterocycles. The van der Waals surface area contributed by atoms with Gasteiger partial charge < -0.3 is 9.30 Å². The summed E-state index contributed by atoms with van der Waals surface area (Å²) in [5.74, 6) is -0.894. The number of hydrogen-bond donors (Lipinski definition) is 1. The molecule has 0 fully saturated rings. The van der Waals surface area contributed by atoms with Crippen molar-refractivity contribution in [3.05, 3.63) is 16.9 Å². The zero-order valence-corrected chi connectivity index (χ0v) is 14.3. The van der Waals surface area contributed by atoms with Crippen molar-refractivity contribution in [1.29, 1.82) is 0 Å². The van der Waals surface area contributed by atoms with Crippen molar-refractivity contribution < 1.29 is 31.1 Å². The van der Waals surface area contributed by atoms with Crippen LogP contribution in [0.25, 0.3) is 0 Å². The molecule has 1 rings (SSSR count). The number of sulfonamides is 1. The van der Waals surface area contributed by atoms with E-state index in [1.54, 1.807) is 13.8 Å². The first kappa shape index (κ1) is 19.8. The predicted molar refractivity (Wildman–Crippen MR) is 77.0 cm³/mol. The van der Waals surface area contributed by atoms with E-state index in [0.717, 1.165) is 13.3 Å². The Labute approximate surface area is 136 Å². The van der Waals surface area contributed by atoms with Gasteiger partial charge in [-0.25, -0.2) is 13.2 Å². The molecule has 0 aromatic carbocycles. The molecule has 0 unspecified atom stereocenters. The minimum Gasteiger partial charge on any atom is -0.464 e. The normalized spacial score (nSPS) is 14.1. The molecule has 132 valence electrons. The average molecular weight is 377 g/mol. The number of nitrogens with one attached hydrogen (secondary N) is 1. The molecule has 11 heteroatoms. The molecule has 1 N–H and O–H groups in total. The van der Waals surface area contributed by atoms with Crippen molar-refractivity contribution in [3.63, 3.8) is 0 Å². The van der Waals surface area contributed by atoms with Crippen LogP contribution in [0, 0.1) is 0 Å². The summed E-state index contributed by atoms with van der Waals surface area (Å²) in [4.78, 5) is 11.1. The van der Waals surface area contributed by atoms with Crippen LogP contribution in [-0.4, -0.2) is 38.3 Å². The lowest BCUT2D eigenvalue weighted by Crippen LogP contribution is -2.42. The summed E-state index contributed by atoms with van der Waals surface area (Å²) in [5.41, 5.74) is -0.246. The summed E-state index contributed by atoms with van der Waals surface area (Å²) in [6.45, 7) is 3.95. The van der Waals surface area contributed by atoms with Gasteiger partial charge in [-0.2, -0.15) is 17.9 Å². The number of esters is 1. The Morgan fingerprint density at radius 3 is 2.26 bits per heavy atom. The van der Waals surface area contributed by atoms with E-state index in [1.807, 2.05) is 0 Å². The molecule has 0 radical (unpaired) electrons. The maximum Gasteiger partial charge on any atom is 0.404 e. The average Bonchev–Trinajstić information content (AvgIpc) is 2.74. The highest BCUT2D eigenvalue weighted by Crippen LogP contribution is 2.31. The molecule has 6 nitrogen and oxygen atoms in total. The highest BCUT2D eigenvalue weighted by molar-refractivity contribution is 7.89. The van der Waals surface area contributed by atoms with E-state index in [2.05, 4.69) is 4.74 Å². The zero-order valence-electron chi connectivity index (χ0n) is 12.7. The fourth-order valence-electron chi connectivity index (χ4n) is 1.73. The molecule has 1 atom stereocenters. The number of carbonyl (C=O) groups excluding carboxylic acids is 1. The predicted octanol–water partition coefficient (Wildman–Crippen LogP) is 2.74. The zero-order chi connectivity index (χ0) is 18.2. The van der Waals surface area contributed by atoms with Gasteiger partial charge in [-0.15, -0.1) is 0 Å². The number of ether oxygens (including phenoxy) is 1. The van der Waals surface area contributed by atoms with Crippen LogP contribution < -0.4 is 4.72 Å². The van der Waals surface area contributed by atoms with Crippen LogP contribution in [0.2, 0.25) is 5.02 Å². The Hall–Kier alpha value is -1.26. The minimum atomic E-state index is -4.76. The topological polar surface area (TPSA) is 77.4 Å². The molecule has 0 aliphatic heterocycles. The van der Waals surface area contributed by atoms with E-state index in [0.29, 0.717) is 6.92 Å². The number of carbonyl (C=O) groups is 1. The molecule has 1 aromatic rings. The monoisotopic (exact) mass is 376 g/mol. The van der Waals surface area contributed by atoms with Crippen LogP contribution in [0.4, 0.5) is 13.2 Å². The molecular formula is C12H16ClF3N2O4S. The quantitative estimate of drug-likeness (QED) is 0.801. The summed E-state index contributed by atoms with van der Waals surface area (Å²) in [5, 5.41) is -0.493. The van der Waals surface area contributed by atoms with E-state index in [9.17, 15) is 26.4 Å². The van der Waals surface area contributed by atoms with Gasteiger partial charge in [-0.3, -0.25) is 0 Å². The van der Waals surface area contributed by atoms with Gasteiger partial charge in [0.1, 0.15) is 16.6 Å².